The summed E-state index contributed by atoms with van der Waals surface area (Å²) >= 11 is 0. The summed E-state index contributed by atoms with van der Waals surface area (Å²) in [5.41, 5.74) is 8.50. The number of fused-ring (bicyclic) bond motifs is 9. The van der Waals surface area contributed by atoms with Gasteiger partial charge in [0.25, 0.3) is 0 Å². The Morgan fingerprint density at radius 3 is 1.98 bits per heavy atom. The van der Waals surface area contributed by atoms with E-state index in [9.17, 15) is 0 Å². The van der Waals surface area contributed by atoms with Crippen molar-refractivity contribution in [3.8, 4) is 11.1 Å². The third-order valence-electron chi connectivity index (χ3n) is 10.3. The van der Waals surface area contributed by atoms with Crippen LogP contribution in [0.25, 0.3) is 76.5 Å². The first-order valence-electron chi connectivity index (χ1n) is 17.5. The molecule has 52 heavy (non-hydrogen) atoms. The van der Waals surface area contributed by atoms with Gasteiger partial charge in [-0.2, -0.15) is 0 Å². The number of amidine groups is 2. The van der Waals surface area contributed by atoms with Crippen molar-refractivity contribution in [2.24, 2.45) is 9.98 Å². The van der Waals surface area contributed by atoms with Gasteiger partial charge in [0.1, 0.15) is 34.3 Å². The van der Waals surface area contributed by atoms with Crippen LogP contribution in [0.4, 0.5) is 0 Å². The van der Waals surface area contributed by atoms with Crippen molar-refractivity contribution in [2.75, 3.05) is 0 Å². The summed E-state index contributed by atoms with van der Waals surface area (Å²) in [6.07, 6.45) is -0.341. The highest BCUT2D eigenvalue weighted by Crippen LogP contribution is 2.38. The molecule has 0 amide bonds. The summed E-state index contributed by atoms with van der Waals surface area (Å²) in [6, 6.07) is 56.9. The molecule has 5 heteroatoms. The van der Waals surface area contributed by atoms with Crippen molar-refractivity contribution < 1.29 is 8.83 Å². The van der Waals surface area contributed by atoms with Crippen LogP contribution in [0.3, 0.4) is 0 Å². The number of nitrogens with one attached hydrogen (secondary N) is 1. The smallest absolute Gasteiger partial charge is 0.160 e. The predicted molar refractivity (Wildman–Crippen MR) is 213 cm³/mol. The van der Waals surface area contributed by atoms with Crippen molar-refractivity contribution in [3.63, 3.8) is 0 Å². The molecule has 1 unspecified atom stereocenters. The van der Waals surface area contributed by atoms with Crippen LogP contribution in [0.2, 0.25) is 0 Å². The van der Waals surface area contributed by atoms with E-state index < -0.39 is 0 Å². The van der Waals surface area contributed by atoms with E-state index in [1.165, 1.54) is 21.5 Å². The van der Waals surface area contributed by atoms with Crippen molar-refractivity contribution in [1.82, 2.24) is 5.32 Å². The average molecular weight is 668 g/mol. The van der Waals surface area contributed by atoms with Crippen LogP contribution in [0.5, 0.6) is 0 Å². The van der Waals surface area contributed by atoms with Gasteiger partial charge in [0.15, 0.2) is 5.84 Å². The third kappa shape index (κ3) is 4.56. The minimum Gasteiger partial charge on any atom is -0.456 e. The lowest BCUT2D eigenvalue weighted by molar-refractivity contribution is 0.668. The largest absolute Gasteiger partial charge is 0.456 e. The topological polar surface area (TPSA) is 63.0 Å². The third-order valence-corrected chi connectivity index (χ3v) is 10.3. The van der Waals surface area contributed by atoms with E-state index in [1.54, 1.807) is 0 Å². The van der Waals surface area contributed by atoms with Gasteiger partial charge in [0.05, 0.1) is 0 Å². The Labute approximate surface area is 298 Å². The number of hydrogen-bond acceptors (Lipinski definition) is 5. The molecule has 5 nitrogen and oxygen atoms in total. The molecule has 8 aromatic carbocycles. The van der Waals surface area contributed by atoms with Crippen molar-refractivity contribution in [2.45, 2.75) is 6.17 Å². The van der Waals surface area contributed by atoms with Gasteiger partial charge < -0.3 is 14.2 Å². The van der Waals surface area contributed by atoms with E-state index in [-0.39, 0.29) is 6.17 Å². The highest BCUT2D eigenvalue weighted by molar-refractivity contribution is 6.22. The van der Waals surface area contributed by atoms with Crippen LogP contribution < -0.4 is 5.32 Å². The van der Waals surface area contributed by atoms with Gasteiger partial charge in [-0.25, -0.2) is 9.98 Å². The summed E-state index contributed by atoms with van der Waals surface area (Å²) in [5.74, 6) is 1.44. The molecule has 1 aliphatic rings. The Morgan fingerprint density at radius 1 is 0.442 bits per heavy atom. The molecule has 0 aliphatic carbocycles. The number of furan rings is 2. The highest BCUT2D eigenvalue weighted by atomic mass is 16.3. The predicted octanol–water partition coefficient (Wildman–Crippen LogP) is 12.0. The van der Waals surface area contributed by atoms with Gasteiger partial charge >= 0.3 is 0 Å². The molecular formula is C47H29N3O2. The fourth-order valence-electron chi connectivity index (χ4n) is 7.78. The van der Waals surface area contributed by atoms with Gasteiger partial charge in [0.2, 0.25) is 0 Å². The van der Waals surface area contributed by atoms with Gasteiger partial charge in [-0.3, -0.25) is 0 Å². The molecule has 0 saturated carbocycles. The van der Waals surface area contributed by atoms with E-state index in [1.807, 2.05) is 48.5 Å². The van der Waals surface area contributed by atoms with Crippen LogP contribution >= 0.6 is 0 Å². The second-order valence-electron chi connectivity index (χ2n) is 13.4. The lowest BCUT2D eigenvalue weighted by Gasteiger charge is -2.24. The summed E-state index contributed by atoms with van der Waals surface area (Å²) in [6.45, 7) is 0. The number of hydrogen-bond donors (Lipinski definition) is 1. The zero-order chi connectivity index (χ0) is 34.2. The fraction of sp³-hybridized carbons (Fsp3) is 0.0213. The lowest BCUT2D eigenvalue weighted by atomic mass is 9.98. The SMILES string of the molecule is c1ccc(C2=NC(c3cccc4oc5cc(-c6ccc7c(c6)oc6ccccc67)ccc5c34)=NC(c3ccc4c(ccc5ccccc54)c3)N2)cc1. The van der Waals surface area contributed by atoms with Crippen LogP contribution in [0.1, 0.15) is 22.9 Å². The Balaban J connectivity index is 1.04. The maximum Gasteiger partial charge on any atom is 0.160 e. The molecule has 1 N–H and O–H groups in total. The van der Waals surface area contributed by atoms with Crippen LogP contribution in [0.15, 0.2) is 183 Å². The number of benzene rings is 8. The van der Waals surface area contributed by atoms with E-state index >= 15 is 0 Å². The molecule has 0 spiro atoms. The number of aliphatic imine (C=N–C) groups is 2. The van der Waals surface area contributed by atoms with Gasteiger partial charge in [0, 0.05) is 32.7 Å². The quantitative estimate of drug-likeness (QED) is 0.190. The standard InChI is InChI=1S/C47H29N3O2/c1-2-10-29(11-3-1)45-48-46(33-21-22-35-32(25-33)18-17-28-9-4-5-12-34(28)35)50-47(49-45)39-14-8-16-41-44(39)38-24-20-31(27-43(38)52-41)30-19-23-37-36-13-6-7-15-40(36)51-42(37)26-30/h1-27,46H,(H,48,49,50). The second-order valence-corrected chi connectivity index (χ2v) is 13.4. The molecule has 1 atom stereocenters. The molecule has 1 aliphatic heterocycles. The lowest BCUT2D eigenvalue weighted by Crippen LogP contribution is -2.33. The molecular weight excluding hydrogens is 639 g/mol. The zero-order valence-electron chi connectivity index (χ0n) is 27.9. The first-order valence-corrected chi connectivity index (χ1v) is 17.5. The minimum absolute atomic E-state index is 0.341. The Hall–Kier alpha value is -6.98. The van der Waals surface area contributed by atoms with Gasteiger partial charge in [-0.15, -0.1) is 0 Å². The minimum atomic E-state index is -0.341. The number of nitrogens with zero attached hydrogens (tertiary/aromatic N) is 2. The first-order chi connectivity index (χ1) is 25.7. The fourth-order valence-corrected chi connectivity index (χ4v) is 7.78. The average Bonchev–Trinajstić information content (AvgIpc) is 3.78. The molecule has 0 fully saturated rings. The van der Waals surface area contributed by atoms with E-state index in [0.717, 1.165) is 77.5 Å². The maximum absolute atomic E-state index is 6.55. The molecule has 0 bridgehead atoms. The van der Waals surface area contributed by atoms with E-state index in [2.05, 4.69) is 121 Å². The molecule has 2 aromatic heterocycles. The molecule has 3 heterocycles. The van der Waals surface area contributed by atoms with Crippen LogP contribution in [-0.4, -0.2) is 11.7 Å². The van der Waals surface area contributed by atoms with Crippen LogP contribution in [-0.2, 0) is 0 Å². The highest BCUT2D eigenvalue weighted by Gasteiger charge is 2.24. The summed E-state index contributed by atoms with van der Waals surface area (Å²) in [5, 5.41) is 12.8. The summed E-state index contributed by atoms with van der Waals surface area (Å²) in [7, 11) is 0. The molecule has 0 saturated heterocycles. The van der Waals surface area contributed by atoms with Gasteiger partial charge in [-0.1, -0.05) is 121 Å². The Kier molecular flexibility index (Phi) is 6.25. The summed E-state index contributed by atoms with van der Waals surface area (Å²) in [4.78, 5) is 10.4. The van der Waals surface area contributed by atoms with Crippen LogP contribution in [0, 0.1) is 0 Å². The maximum atomic E-state index is 6.55. The van der Waals surface area contributed by atoms with E-state index in [0.29, 0.717) is 5.84 Å². The van der Waals surface area contributed by atoms with Gasteiger partial charge in [-0.05, 0) is 80.7 Å². The monoisotopic (exact) mass is 667 g/mol. The van der Waals surface area contributed by atoms with Crippen molar-refractivity contribution in [3.05, 3.63) is 180 Å². The number of rotatable bonds is 4. The molecule has 11 rings (SSSR count). The normalized spacial score (nSPS) is 14.7. The number of para-hydroxylation sites is 1. The zero-order valence-corrected chi connectivity index (χ0v) is 27.9. The van der Waals surface area contributed by atoms with Crippen molar-refractivity contribution >= 4 is 77.1 Å². The van der Waals surface area contributed by atoms with E-state index in [4.69, 9.17) is 18.8 Å². The molecule has 244 valence electrons. The Bertz CT molecular complexity index is 3110. The first kappa shape index (κ1) is 28.8. The van der Waals surface area contributed by atoms with Crippen molar-refractivity contribution in [1.29, 1.82) is 0 Å². The second kappa shape index (κ2) is 11.3. The Morgan fingerprint density at radius 2 is 1.10 bits per heavy atom. The summed E-state index contributed by atoms with van der Waals surface area (Å²) < 4.78 is 12.7. The molecule has 10 aromatic rings. The molecule has 0 radical (unpaired) electrons.